The van der Waals surface area contributed by atoms with Crippen molar-refractivity contribution in [1.29, 1.82) is 0 Å². The van der Waals surface area contributed by atoms with Gasteiger partial charge in [0.05, 0.1) is 0 Å². The fourth-order valence-corrected chi connectivity index (χ4v) is 9.19. The van der Waals surface area contributed by atoms with Crippen LogP contribution in [0, 0.1) is 0 Å². The Hall–Kier alpha value is -8.07. The third-order valence-electron chi connectivity index (χ3n) is 11.0. The maximum absolute atomic E-state index is 6.36. The topological polar surface area (TPSA) is 90.7 Å². The molecule has 0 N–H and O–H groups in total. The minimum Gasteiger partial charge on any atom is -0.436 e. The molecule has 8 heteroatoms. The Bertz CT molecular complexity index is 3400. The molecule has 0 aliphatic heterocycles. The van der Waals surface area contributed by atoms with Crippen molar-refractivity contribution in [2.45, 2.75) is 0 Å². The second-order valence-electron chi connectivity index (χ2n) is 14.9. The molecule has 0 aliphatic carbocycles. The van der Waals surface area contributed by atoms with E-state index in [-0.39, 0.29) is 0 Å². The number of nitrogens with zero attached hydrogens (tertiary/aromatic N) is 5. The Morgan fingerprint density at radius 2 is 0.787 bits per heavy atom. The van der Waals surface area contributed by atoms with Gasteiger partial charge in [-0.3, -0.25) is 0 Å². The summed E-state index contributed by atoms with van der Waals surface area (Å²) < 4.78 is 15.1. The predicted molar refractivity (Wildman–Crippen MR) is 246 cm³/mol. The molecule has 8 aromatic carbocycles. The first-order valence-corrected chi connectivity index (χ1v) is 20.8. The number of fused-ring (bicyclic) bond motifs is 5. The summed E-state index contributed by atoms with van der Waals surface area (Å²) in [6.07, 6.45) is 0. The molecule has 0 aliphatic rings. The molecule has 7 nitrogen and oxygen atoms in total. The molecule has 0 fully saturated rings. The highest BCUT2D eigenvalue weighted by Crippen LogP contribution is 2.41. The zero-order valence-corrected chi connectivity index (χ0v) is 33.2. The normalized spacial score (nSPS) is 11.6. The van der Waals surface area contributed by atoms with E-state index >= 15 is 0 Å². The largest absolute Gasteiger partial charge is 0.436 e. The predicted octanol–water partition coefficient (Wildman–Crippen LogP) is 14.2. The molecule has 286 valence electrons. The van der Waals surface area contributed by atoms with E-state index in [4.69, 9.17) is 33.8 Å². The molecule has 0 saturated heterocycles. The Morgan fingerprint density at radius 1 is 0.328 bits per heavy atom. The standard InChI is InChI=1S/C53H31N5O2S/c1-3-14-32(15-4-1)34-26-35(33-16-5-2-6-17-33)28-36(27-34)49-56-50(58-51(57-49)41-19-13-25-47-48(41)40-18-7-12-24-46(40)61-47)37-29-38(52-54-42-20-8-10-22-44(42)59-52)31-39(30-37)53-55-43-21-9-11-23-45(43)60-53/h1-31H. The van der Waals surface area contributed by atoms with Crippen LogP contribution < -0.4 is 0 Å². The molecule has 0 radical (unpaired) electrons. The van der Waals surface area contributed by atoms with Gasteiger partial charge in [-0.25, -0.2) is 24.9 Å². The highest BCUT2D eigenvalue weighted by atomic mass is 32.1. The van der Waals surface area contributed by atoms with Crippen LogP contribution in [0.2, 0.25) is 0 Å². The smallest absolute Gasteiger partial charge is 0.227 e. The van der Waals surface area contributed by atoms with Gasteiger partial charge < -0.3 is 8.83 Å². The SMILES string of the molecule is c1ccc(-c2cc(-c3ccccc3)cc(-c3nc(-c4cc(-c5nc6ccccc6o5)cc(-c5nc6ccccc6o5)c4)nc(-c4cccc5sc6ccccc6c45)n3)c2)cc1. The quantitative estimate of drug-likeness (QED) is 0.158. The third-order valence-corrected chi connectivity index (χ3v) is 12.1. The molecule has 0 unspecified atom stereocenters. The van der Waals surface area contributed by atoms with Gasteiger partial charge in [0.15, 0.2) is 28.6 Å². The summed E-state index contributed by atoms with van der Waals surface area (Å²) in [6.45, 7) is 0. The van der Waals surface area contributed by atoms with Gasteiger partial charge in [-0.2, -0.15) is 0 Å². The van der Waals surface area contributed by atoms with Crippen molar-refractivity contribution in [1.82, 2.24) is 24.9 Å². The first-order valence-electron chi connectivity index (χ1n) is 20.0. The molecule has 0 amide bonds. The minimum atomic E-state index is 0.465. The van der Waals surface area contributed by atoms with Crippen molar-refractivity contribution in [3.05, 3.63) is 188 Å². The number of aromatic nitrogens is 5. The van der Waals surface area contributed by atoms with Gasteiger partial charge in [-0.1, -0.05) is 115 Å². The van der Waals surface area contributed by atoms with Crippen LogP contribution in [-0.4, -0.2) is 24.9 Å². The van der Waals surface area contributed by atoms with Crippen LogP contribution in [0.3, 0.4) is 0 Å². The van der Waals surface area contributed by atoms with Crippen LogP contribution >= 0.6 is 11.3 Å². The highest BCUT2D eigenvalue weighted by Gasteiger charge is 2.21. The van der Waals surface area contributed by atoms with Gasteiger partial charge in [0.1, 0.15) is 11.0 Å². The molecular weight excluding hydrogens is 771 g/mol. The summed E-state index contributed by atoms with van der Waals surface area (Å²) in [5.74, 6) is 2.52. The maximum Gasteiger partial charge on any atom is 0.227 e. The van der Waals surface area contributed by atoms with Crippen LogP contribution in [0.4, 0.5) is 0 Å². The lowest BCUT2D eigenvalue weighted by Gasteiger charge is -2.13. The van der Waals surface area contributed by atoms with Crippen LogP contribution in [0.5, 0.6) is 0 Å². The van der Waals surface area contributed by atoms with E-state index < -0.39 is 0 Å². The van der Waals surface area contributed by atoms with E-state index in [0.29, 0.717) is 40.4 Å². The van der Waals surface area contributed by atoms with Crippen molar-refractivity contribution in [3.63, 3.8) is 0 Å². The number of thiophene rings is 1. The molecule has 4 aromatic heterocycles. The van der Waals surface area contributed by atoms with Gasteiger partial charge >= 0.3 is 0 Å². The lowest BCUT2D eigenvalue weighted by molar-refractivity contribution is 0.617. The zero-order valence-electron chi connectivity index (χ0n) is 32.4. The molecule has 12 aromatic rings. The van der Waals surface area contributed by atoms with Gasteiger partial charge in [0, 0.05) is 48.0 Å². The van der Waals surface area contributed by atoms with E-state index in [1.807, 2.05) is 78.9 Å². The lowest BCUT2D eigenvalue weighted by Crippen LogP contribution is -2.01. The van der Waals surface area contributed by atoms with Crippen molar-refractivity contribution >= 4 is 53.7 Å². The Labute approximate surface area is 353 Å². The summed E-state index contributed by atoms with van der Waals surface area (Å²) in [4.78, 5) is 25.8. The number of rotatable bonds is 7. The Balaban J connectivity index is 1.13. The van der Waals surface area contributed by atoms with Gasteiger partial charge in [-0.15, -0.1) is 11.3 Å². The maximum atomic E-state index is 6.36. The number of hydrogen-bond donors (Lipinski definition) is 0. The number of oxazole rings is 2. The second kappa shape index (κ2) is 14.3. The second-order valence-corrected chi connectivity index (χ2v) is 16.0. The van der Waals surface area contributed by atoms with Crippen molar-refractivity contribution in [2.75, 3.05) is 0 Å². The third kappa shape index (κ3) is 6.34. The van der Waals surface area contributed by atoms with E-state index in [9.17, 15) is 0 Å². The number of hydrogen-bond acceptors (Lipinski definition) is 8. The van der Waals surface area contributed by atoms with Crippen molar-refractivity contribution in [3.8, 4) is 79.3 Å². The Kier molecular flexibility index (Phi) is 8.21. The molecule has 0 spiro atoms. The fraction of sp³-hybridized carbons (Fsp3) is 0. The molecule has 0 bridgehead atoms. The van der Waals surface area contributed by atoms with Crippen LogP contribution in [0.25, 0.3) is 122 Å². The van der Waals surface area contributed by atoms with Gasteiger partial charge in [-0.05, 0) is 95.1 Å². The fourth-order valence-electron chi connectivity index (χ4n) is 8.06. The van der Waals surface area contributed by atoms with Crippen molar-refractivity contribution < 1.29 is 8.83 Å². The lowest BCUT2D eigenvalue weighted by atomic mass is 9.95. The summed E-state index contributed by atoms with van der Waals surface area (Å²) >= 11 is 1.77. The molecular formula is C53H31N5O2S. The van der Waals surface area contributed by atoms with Crippen LogP contribution in [0.15, 0.2) is 197 Å². The molecule has 4 heterocycles. The van der Waals surface area contributed by atoms with Crippen LogP contribution in [-0.2, 0) is 0 Å². The molecule has 0 atom stereocenters. The average Bonchev–Trinajstić information content (AvgIpc) is 4.07. The number of benzene rings is 8. The summed E-state index contributed by atoms with van der Waals surface area (Å²) in [5, 5.41) is 2.27. The van der Waals surface area contributed by atoms with Gasteiger partial charge in [0.2, 0.25) is 11.8 Å². The first-order chi connectivity index (χ1) is 30.2. The minimum absolute atomic E-state index is 0.465. The molecule has 12 rings (SSSR count). The summed E-state index contributed by atoms with van der Waals surface area (Å²) in [6, 6.07) is 63.8. The Morgan fingerprint density at radius 3 is 1.38 bits per heavy atom. The monoisotopic (exact) mass is 801 g/mol. The molecule has 61 heavy (non-hydrogen) atoms. The van der Waals surface area contributed by atoms with Crippen molar-refractivity contribution in [2.24, 2.45) is 0 Å². The number of para-hydroxylation sites is 4. The highest BCUT2D eigenvalue weighted by molar-refractivity contribution is 7.25. The van der Waals surface area contributed by atoms with E-state index in [1.165, 1.54) is 4.70 Å². The summed E-state index contributed by atoms with van der Waals surface area (Å²) in [5.41, 5.74) is 11.2. The summed E-state index contributed by atoms with van der Waals surface area (Å²) in [7, 11) is 0. The first kappa shape index (κ1) is 34.9. The molecule has 0 saturated carbocycles. The van der Waals surface area contributed by atoms with Crippen LogP contribution in [0.1, 0.15) is 0 Å². The van der Waals surface area contributed by atoms with E-state index in [0.717, 1.165) is 76.6 Å². The van der Waals surface area contributed by atoms with E-state index in [2.05, 4.69) is 109 Å². The average molecular weight is 802 g/mol. The van der Waals surface area contributed by atoms with E-state index in [1.54, 1.807) is 11.3 Å². The zero-order chi connectivity index (χ0) is 40.3. The van der Waals surface area contributed by atoms with Gasteiger partial charge in [0.25, 0.3) is 0 Å².